The molecular formula is C16H18N2O3. The Bertz CT molecular complexity index is 730. The lowest BCUT2D eigenvalue weighted by Gasteiger charge is -2.34. The fourth-order valence-electron chi connectivity index (χ4n) is 3.08. The number of carbonyl (C=O) groups is 1. The zero-order chi connectivity index (χ0) is 14.9. The number of hydrogen-bond acceptors (Lipinski definition) is 3. The van der Waals surface area contributed by atoms with Crippen molar-refractivity contribution >= 4 is 22.6 Å². The van der Waals surface area contributed by atoms with Crippen molar-refractivity contribution < 1.29 is 9.90 Å². The number of aromatic amines is 1. The number of pyridine rings is 1. The van der Waals surface area contributed by atoms with E-state index in [4.69, 9.17) is 0 Å². The number of aromatic nitrogens is 1. The van der Waals surface area contributed by atoms with Gasteiger partial charge in [0.2, 0.25) is 0 Å². The Labute approximate surface area is 122 Å². The maximum absolute atomic E-state index is 12.1. The highest BCUT2D eigenvalue weighted by Gasteiger charge is 2.39. The van der Waals surface area contributed by atoms with Crippen molar-refractivity contribution in [2.45, 2.75) is 37.6 Å². The third kappa shape index (κ3) is 2.51. The summed E-state index contributed by atoms with van der Waals surface area (Å²) < 4.78 is 0. The molecule has 0 atom stereocenters. The molecule has 1 aliphatic rings. The molecular weight excluding hydrogens is 268 g/mol. The van der Waals surface area contributed by atoms with Crippen LogP contribution in [0.15, 0.2) is 35.1 Å². The lowest BCUT2D eigenvalue weighted by atomic mass is 9.81. The molecule has 0 spiro atoms. The van der Waals surface area contributed by atoms with Gasteiger partial charge in [0.15, 0.2) is 0 Å². The van der Waals surface area contributed by atoms with Gasteiger partial charge < -0.3 is 15.4 Å². The van der Waals surface area contributed by atoms with Crippen molar-refractivity contribution in [2.75, 3.05) is 5.32 Å². The van der Waals surface area contributed by atoms with Gasteiger partial charge in [0.25, 0.3) is 5.56 Å². The molecule has 5 heteroatoms. The molecule has 3 rings (SSSR count). The van der Waals surface area contributed by atoms with Crippen molar-refractivity contribution in [1.82, 2.24) is 4.98 Å². The van der Waals surface area contributed by atoms with E-state index in [0.29, 0.717) is 24.0 Å². The number of aliphatic carboxylic acids is 1. The van der Waals surface area contributed by atoms with Gasteiger partial charge >= 0.3 is 5.97 Å². The summed E-state index contributed by atoms with van der Waals surface area (Å²) in [5.41, 5.74) is -1.17. The Hall–Kier alpha value is -2.30. The van der Waals surface area contributed by atoms with Crippen LogP contribution in [0.4, 0.5) is 5.82 Å². The van der Waals surface area contributed by atoms with Crippen LogP contribution >= 0.6 is 0 Å². The number of H-pyrrole nitrogens is 1. The zero-order valence-electron chi connectivity index (χ0n) is 11.7. The molecule has 1 aliphatic carbocycles. The first-order valence-electron chi connectivity index (χ1n) is 7.24. The molecule has 5 nitrogen and oxygen atoms in total. The average molecular weight is 286 g/mol. The maximum Gasteiger partial charge on any atom is 0.329 e. The second-order valence-electron chi connectivity index (χ2n) is 5.67. The highest BCUT2D eigenvalue weighted by molar-refractivity contribution is 5.86. The van der Waals surface area contributed by atoms with Gasteiger partial charge in [-0.3, -0.25) is 4.79 Å². The number of carboxylic acids is 1. The maximum atomic E-state index is 12.1. The average Bonchev–Trinajstić information content (AvgIpc) is 2.48. The molecule has 1 aromatic heterocycles. The molecule has 21 heavy (non-hydrogen) atoms. The largest absolute Gasteiger partial charge is 0.480 e. The van der Waals surface area contributed by atoms with Crippen LogP contribution in [-0.2, 0) is 4.79 Å². The molecule has 0 bridgehead atoms. The van der Waals surface area contributed by atoms with Gasteiger partial charge in [-0.2, -0.15) is 0 Å². The van der Waals surface area contributed by atoms with Crippen LogP contribution in [0.2, 0.25) is 0 Å². The first-order valence-corrected chi connectivity index (χ1v) is 7.24. The van der Waals surface area contributed by atoms with E-state index >= 15 is 0 Å². The van der Waals surface area contributed by atoms with E-state index in [9.17, 15) is 14.7 Å². The van der Waals surface area contributed by atoms with E-state index < -0.39 is 11.5 Å². The molecule has 0 amide bonds. The SMILES string of the molecule is O=C(O)C1(Nc2cc3ccccc3c(=O)[nH]2)CCCCC1. The van der Waals surface area contributed by atoms with Crippen molar-refractivity contribution in [2.24, 2.45) is 0 Å². The summed E-state index contributed by atoms with van der Waals surface area (Å²) >= 11 is 0. The molecule has 1 heterocycles. The standard InChI is InChI=1S/C16H18N2O3/c19-14-12-7-3-2-6-11(12)10-13(17-14)18-16(15(20)21)8-4-1-5-9-16/h2-3,6-7,10H,1,4-5,8-9H2,(H,20,21)(H2,17,18,19). The lowest BCUT2D eigenvalue weighted by molar-refractivity contribution is -0.143. The monoisotopic (exact) mass is 286 g/mol. The number of carboxylic acid groups (broad SMARTS) is 1. The van der Waals surface area contributed by atoms with E-state index in [-0.39, 0.29) is 5.56 Å². The van der Waals surface area contributed by atoms with E-state index in [1.54, 1.807) is 12.1 Å². The molecule has 0 aliphatic heterocycles. The Morgan fingerprint density at radius 2 is 1.90 bits per heavy atom. The summed E-state index contributed by atoms with van der Waals surface area (Å²) in [5, 5.41) is 14.1. The second-order valence-corrected chi connectivity index (χ2v) is 5.67. The molecule has 0 saturated heterocycles. The fraction of sp³-hybridized carbons (Fsp3) is 0.375. The van der Waals surface area contributed by atoms with Crippen molar-refractivity contribution in [3.63, 3.8) is 0 Å². The van der Waals surface area contributed by atoms with Gasteiger partial charge in [-0.25, -0.2) is 4.79 Å². The van der Waals surface area contributed by atoms with E-state index in [1.165, 1.54) is 0 Å². The summed E-state index contributed by atoms with van der Waals surface area (Å²) in [6, 6.07) is 9.08. The molecule has 2 aromatic rings. The molecule has 0 radical (unpaired) electrons. The Morgan fingerprint density at radius 3 is 2.62 bits per heavy atom. The summed E-state index contributed by atoms with van der Waals surface area (Å²) in [7, 11) is 0. The highest BCUT2D eigenvalue weighted by Crippen LogP contribution is 2.31. The van der Waals surface area contributed by atoms with Gasteiger partial charge in [-0.15, -0.1) is 0 Å². The minimum atomic E-state index is -0.969. The highest BCUT2D eigenvalue weighted by atomic mass is 16.4. The number of benzene rings is 1. The van der Waals surface area contributed by atoms with Crippen LogP contribution < -0.4 is 10.9 Å². The number of fused-ring (bicyclic) bond motifs is 1. The molecule has 3 N–H and O–H groups in total. The van der Waals surface area contributed by atoms with E-state index in [1.807, 2.05) is 18.2 Å². The predicted molar refractivity (Wildman–Crippen MR) is 81.6 cm³/mol. The van der Waals surface area contributed by atoms with E-state index in [2.05, 4.69) is 10.3 Å². The van der Waals surface area contributed by atoms with Crippen LogP contribution in [0.3, 0.4) is 0 Å². The predicted octanol–water partition coefficient (Wildman–Crippen LogP) is 2.73. The van der Waals surface area contributed by atoms with Gasteiger partial charge in [-0.05, 0) is 30.4 Å². The van der Waals surface area contributed by atoms with Crippen LogP contribution in [0, 0.1) is 0 Å². The van der Waals surface area contributed by atoms with Crippen LogP contribution in [0.5, 0.6) is 0 Å². The third-order valence-corrected chi connectivity index (χ3v) is 4.24. The fourth-order valence-corrected chi connectivity index (χ4v) is 3.08. The first-order chi connectivity index (χ1) is 10.1. The smallest absolute Gasteiger partial charge is 0.329 e. The molecule has 1 saturated carbocycles. The van der Waals surface area contributed by atoms with Gasteiger partial charge in [0.1, 0.15) is 11.4 Å². The van der Waals surface area contributed by atoms with Crippen LogP contribution in [-0.4, -0.2) is 21.6 Å². The molecule has 1 fully saturated rings. The topological polar surface area (TPSA) is 82.2 Å². The van der Waals surface area contributed by atoms with Crippen molar-refractivity contribution in [3.8, 4) is 0 Å². The Morgan fingerprint density at radius 1 is 1.19 bits per heavy atom. The van der Waals surface area contributed by atoms with Gasteiger partial charge in [-0.1, -0.05) is 37.5 Å². The number of anilines is 1. The summed E-state index contributed by atoms with van der Waals surface area (Å²) in [6.45, 7) is 0. The third-order valence-electron chi connectivity index (χ3n) is 4.24. The minimum Gasteiger partial charge on any atom is -0.480 e. The minimum absolute atomic E-state index is 0.202. The number of rotatable bonds is 3. The summed E-state index contributed by atoms with van der Waals surface area (Å²) in [4.78, 5) is 26.5. The number of hydrogen-bond donors (Lipinski definition) is 3. The van der Waals surface area contributed by atoms with Crippen molar-refractivity contribution in [3.05, 3.63) is 40.7 Å². The second kappa shape index (κ2) is 5.24. The Kier molecular flexibility index (Phi) is 3.41. The Balaban J connectivity index is 2.00. The van der Waals surface area contributed by atoms with Crippen molar-refractivity contribution in [1.29, 1.82) is 0 Å². The summed E-state index contributed by atoms with van der Waals surface area (Å²) in [5.74, 6) is -0.376. The van der Waals surface area contributed by atoms with Gasteiger partial charge in [0, 0.05) is 5.39 Å². The lowest BCUT2D eigenvalue weighted by Crippen LogP contribution is -2.48. The summed E-state index contributed by atoms with van der Waals surface area (Å²) in [6.07, 6.45) is 3.99. The first kappa shape index (κ1) is 13.7. The van der Waals surface area contributed by atoms with Crippen LogP contribution in [0.1, 0.15) is 32.1 Å². The molecule has 1 aromatic carbocycles. The molecule has 0 unspecified atom stereocenters. The van der Waals surface area contributed by atoms with E-state index in [0.717, 1.165) is 24.6 Å². The normalized spacial score (nSPS) is 17.5. The number of nitrogens with one attached hydrogen (secondary N) is 2. The molecule has 110 valence electrons. The van der Waals surface area contributed by atoms with Gasteiger partial charge in [0.05, 0.1) is 0 Å². The quantitative estimate of drug-likeness (QED) is 0.810. The van der Waals surface area contributed by atoms with Crippen LogP contribution in [0.25, 0.3) is 10.8 Å². The zero-order valence-corrected chi connectivity index (χ0v) is 11.7.